The van der Waals surface area contributed by atoms with Crippen molar-refractivity contribution in [1.29, 1.82) is 0 Å². The van der Waals surface area contributed by atoms with Gasteiger partial charge in [-0.25, -0.2) is 4.79 Å². The van der Waals surface area contributed by atoms with Crippen molar-refractivity contribution >= 4 is 47.7 Å². The fourth-order valence-electron chi connectivity index (χ4n) is 2.17. The Kier molecular flexibility index (Phi) is 11.2. The Hall–Kier alpha value is -1.09. The number of nitrogens with one attached hydrogen (secondary N) is 1. The SMILES string of the molecule is CC(=O)NC(C=O)C(OC1OC(C(=O)O)=CC(O)C1O)C(O)C(O)CO.[Na]. The number of aliphatic hydroxyl groups is 5. The van der Waals surface area contributed by atoms with Gasteiger partial charge >= 0.3 is 5.97 Å². The predicted molar refractivity (Wildman–Crippen MR) is 86.0 cm³/mol. The van der Waals surface area contributed by atoms with Crippen molar-refractivity contribution in [2.45, 2.75) is 49.8 Å². The number of carboxylic acid groups (broad SMARTS) is 1. The Morgan fingerprint density at radius 2 is 1.96 bits per heavy atom. The van der Waals surface area contributed by atoms with Crippen LogP contribution in [0.3, 0.4) is 0 Å². The van der Waals surface area contributed by atoms with E-state index in [-0.39, 0.29) is 35.8 Å². The molecule has 0 saturated carbocycles. The number of carbonyl (C=O) groups excluding carboxylic acids is 2. The van der Waals surface area contributed by atoms with E-state index < -0.39 is 67.1 Å². The van der Waals surface area contributed by atoms with E-state index in [1.54, 1.807) is 0 Å². The summed E-state index contributed by atoms with van der Waals surface area (Å²) in [6.07, 6.45) is -9.96. The van der Waals surface area contributed by atoms with Crippen molar-refractivity contribution in [3.8, 4) is 0 Å². The molecular formula is C14H21NNaO11. The first-order chi connectivity index (χ1) is 12.1. The molecule has 1 heterocycles. The minimum atomic E-state index is -1.94. The molecule has 0 aliphatic carbocycles. The zero-order valence-electron chi connectivity index (χ0n) is 14.6. The second kappa shape index (κ2) is 11.7. The minimum absolute atomic E-state index is 0. The van der Waals surface area contributed by atoms with E-state index in [0.717, 1.165) is 6.92 Å². The first-order valence-electron chi connectivity index (χ1n) is 7.45. The third-order valence-electron chi connectivity index (χ3n) is 3.48. The van der Waals surface area contributed by atoms with Crippen molar-refractivity contribution in [3.05, 3.63) is 11.8 Å². The second-order valence-corrected chi connectivity index (χ2v) is 5.51. The fraction of sp³-hybridized carbons (Fsp3) is 0.643. The van der Waals surface area contributed by atoms with Crippen LogP contribution in [0.15, 0.2) is 11.8 Å². The Balaban J connectivity index is 0.00000676. The van der Waals surface area contributed by atoms with E-state index in [9.17, 15) is 34.8 Å². The molecule has 13 heteroatoms. The van der Waals surface area contributed by atoms with Gasteiger partial charge in [-0.1, -0.05) is 0 Å². The summed E-state index contributed by atoms with van der Waals surface area (Å²) >= 11 is 0. The molecule has 0 saturated heterocycles. The topological polar surface area (TPSA) is 203 Å². The summed E-state index contributed by atoms with van der Waals surface area (Å²) in [4.78, 5) is 33.4. The molecule has 1 aliphatic heterocycles. The average molecular weight is 402 g/mol. The molecule has 1 radical (unpaired) electrons. The Bertz CT molecular complexity index is 557. The molecule has 0 bridgehead atoms. The number of rotatable bonds is 9. The van der Waals surface area contributed by atoms with Gasteiger partial charge in [0.25, 0.3) is 0 Å². The van der Waals surface area contributed by atoms with Crippen LogP contribution in [-0.4, -0.2) is 128 Å². The van der Waals surface area contributed by atoms with Crippen LogP contribution in [0.25, 0.3) is 0 Å². The van der Waals surface area contributed by atoms with Crippen LogP contribution in [-0.2, 0) is 23.9 Å². The molecule has 0 aromatic rings. The van der Waals surface area contributed by atoms with Crippen LogP contribution < -0.4 is 5.32 Å². The molecule has 1 aliphatic rings. The third kappa shape index (κ3) is 7.10. The van der Waals surface area contributed by atoms with Gasteiger partial charge in [0.15, 0.2) is 0 Å². The van der Waals surface area contributed by atoms with E-state index in [4.69, 9.17) is 19.7 Å². The van der Waals surface area contributed by atoms with Gasteiger partial charge in [0, 0.05) is 36.5 Å². The Labute approximate surface area is 175 Å². The molecule has 7 N–H and O–H groups in total. The molecule has 0 spiro atoms. The van der Waals surface area contributed by atoms with Crippen LogP contribution in [0.4, 0.5) is 0 Å². The monoisotopic (exact) mass is 402 g/mol. The number of aliphatic carboxylic acids is 1. The van der Waals surface area contributed by atoms with Crippen LogP contribution in [0.2, 0.25) is 0 Å². The number of hydrogen-bond donors (Lipinski definition) is 7. The van der Waals surface area contributed by atoms with Gasteiger partial charge in [-0.3, -0.25) is 4.79 Å². The van der Waals surface area contributed by atoms with E-state index in [1.165, 1.54) is 0 Å². The maximum Gasteiger partial charge on any atom is 0.371 e. The van der Waals surface area contributed by atoms with Crippen LogP contribution in [0, 0.1) is 0 Å². The Morgan fingerprint density at radius 1 is 1.37 bits per heavy atom. The van der Waals surface area contributed by atoms with Gasteiger partial charge in [0.1, 0.15) is 42.8 Å². The smallest absolute Gasteiger partial charge is 0.371 e. The first kappa shape index (κ1) is 25.9. The summed E-state index contributed by atoms with van der Waals surface area (Å²) in [5, 5.41) is 59.2. The summed E-state index contributed by atoms with van der Waals surface area (Å²) in [5.74, 6) is -3.03. The number of amides is 1. The first-order valence-corrected chi connectivity index (χ1v) is 7.45. The molecule has 0 aromatic carbocycles. The summed E-state index contributed by atoms with van der Waals surface area (Å²) in [6.45, 7) is 0.132. The normalized spacial score (nSPS) is 26.3. The summed E-state index contributed by atoms with van der Waals surface area (Å²) in [7, 11) is 0. The number of ether oxygens (including phenoxy) is 2. The number of hydrogen-bond acceptors (Lipinski definition) is 10. The third-order valence-corrected chi connectivity index (χ3v) is 3.48. The summed E-state index contributed by atoms with van der Waals surface area (Å²) < 4.78 is 10.1. The molecule has 27 heavy (non-hydrogen) atoms. The zero-order chi connectivity index (χ0) is 20.0. The van der Waals surface area contributed by atoms with E-state index in [0.29, 0.717) is 6.08 Å². The van der Waals surface area contributed by atoms with Gasteiger partial charge in [-0.05, 0) is 6.08 Å². The van der Waals surface area contributed by atoms with Crippen molar-refractivity contribution in [3.63, 3.8) is 0 Å². The molecule has 0 fully saturated rings. The van der Waals surface area contributed by atoms with Crippen LogP contribution in [0.1, 0.15) is 6.92 Å². The number of aliphatic hydroxyl groups excluding tert-OH is 5. The molecule has 149 valence electrons. The van der Waals surface area contributed by atoms with Crippen molar-refractivity contribution in [2.24, 2.45) is 0 Å². The standard InChI is InChI=1S/C14H21NO11.Na/c1-5(18)15-6(3-16)12(10(21)8(20)4-17)26-14-11(22)7(19)2-9(25-14)13(23)24;/h2-3,6-8,10-12,14,17,19-22H,4H2,1H3,(H,15,18)(H,23,24);. The van der Waals surface area contributed by atoms with E-state index in [2.05, 4.69) is 5.32 Å². The maximum absolute atomic E-state index is 11.2. The fourth-order valence-corrected chi connectivity index (χ4v) is 2.17. The van der Waals surface area contributed by atoms with Gasteiger partial charge < -0.3 is 50.2 Å². The largest absolute Gasteiger partial charge is 0.475 e. The molecular weight excluding hydrogens is 381 g/mol. The van der Waals surface area contributed by atoms with Gasteiger partial charge in [0.05, 0.1) is 6.61 Å². The molecule has 12 nitrogen and oxygen atoms in total. The number of aldehydes is 1. The molecule has 7 unspecified atom stereocenters. The van der Waals surface area contributed by atoms with Crippen molar-refractivity contribution in [1.82, 2.24) is 5.32 Å². The molecule has 1 amide bonds. The second-order valence-electron chi connectivity index (χ2n) is 5.51. The average Bonchev–Trinajstić information content (AvgIpc) is 2.59. The molecule has 0 aromatic heterocycles. The van der Waals surface area contributed by atoms with Gasteiger partial charge in [0.2, 0.25) is 18.0 Å². The van der Waals surface area contributed by atoms with Gasteiger partial charge in [-0.15, -0.1) is 0 Å². The molecule has 1 rings (SSSR count). The maximum atomic E-state index is 11.2. The summed E-state index contributed by atoms with van der Waals surface area (Å²) in [6, 6.07) is -1.55. The van der Waals surface area contributed by atoms with E-state index in [1.807, 2.05) is 0 Å². The summed E-state index contributed by atoms with van der Waals surface area (Å²) in [5.41, 5.74) is 0. The quantitative estimate of drug-likeness (QED) is 0.144. The Morgan fingerprint density at radius 3 is 2.41 bits per heavy atom. The molecule has 7 atom stereocenters. The van der Waals surface area contributed by atoms with Gasteiger partial charge in [-0.2, -0.15) is 0 Å². The van der Waals surface area contributed by atoms with Crippen LogP contribution in [0.5, 0.6) is 0 Å². The number of carboxylic acids is 1. The van der Waals surface area contributed by atoms with Crippen LogP contribution >= 0.6 is 0 Å². The number of carbonyl (C=O) groups is 3. The van der Waals surface area contributed by atoms with Crippen molar-refractivity contribution in [2.75, 3.05) is 6.61 Å². The minimum Gasteiger partial charge on any atom is -0.475 e. The zero-order valence-corrected chi connectivity index (χ0v) is 16.6. The van der Waals surface area contributed by atoms with Crippen molar-refractivity contribution < 1.29 is 54.5 Å². The van der Waals surface area contributed by atoms with E-state index >= 15 is 0 Å². The predicted octanol–water partition coefficient (Wildman–Crippen LogP) is -4.54.